The molecule has 2 aromatic rings. The first kappa shape index (κ1) is 18.5. The lowest BCUT2D eigenvalue weighted by molar-refractivity contribution is -0.131. The molecule has 1 fully saturated rings. The quantitative estimate of drug-likeness (QED) is 0.790. The molecule has 8 heteroatoms. The molecular weight excluding hydrogens is 366 g/mol. The molecule has 1 saturated heterocycles. The zero-order valence-corrected chi connectivity index (χ0v) is 16.6. The highest BCUT2D eigenvalue weighted by molar-refractivity contribution is 7.86. The highest BCUT2D eigenvalue weighted by Crippen LogP contribution is 2.30. The molecule has 27 heavy (non-hydrogen) atoms. The lowest BCUT2D eigenvalue weighted by atomic mass is 10.0. The summed E-state index contributed by atoms with van der Waals surface area (Å²) in [4.78, 5) is 14.5. The molecule has 0 atom stereocenters. The van der Waals surface area contributed by atoms with Gasteiger partial charge in [-0.15, -0.1) is 0 Å². The first-order valence-corrected chi connectivity index (χ1v) is 10.7. The van der Waals surface area contributed by atoms with E-state index < -0.39 is 10.2 Å². The lowest BCUT2D eigenvalue weighted by Crippen LogP contribution is -2.53. The van der Waals surface area contributed by atoms with Crippen molar-refractivity contribution in [3.63, 3.8) is 0 Å². The molecular formula is C19H25N3O4S. The second-order valence-corrected chi connectivity index (χ2v) is 9.62. The molecule has 0 spiro atoms. The van der Waals surface area contributed by atoms with E-state index in [1.165, 1.54) is 40.3 Å². The van der Waals surface area contributed by atoms with Crippen molar-refractivity contribution in [3.05, 3.63) is 35.1 Å². The molecule has 2 aliphatic rings. The van der Waals surface area contributed by atoms with E-state index in [-0.39, 0.29) is 12.3 Å². The summed E-state index contributed by atoms with van der Waals surface area (Å²) in [6, 6.07) is 4.28. The first-order chi connectivity index (χ1) is 12.9. The summed E-state index contributed by atoms with van der Waals surface area (Å²) in [5.74, 6) is 0.0140. The third kappa shape index (κ3) is 3.37. The van der Waals surface area contributed by atoms with Crippen LogP contribution in [0.2, 0.25) is 0 Å². The fourth-order valence-corrected chi connectivity index (χ4v) is 5.05. The standard InChI is InChI=1S/C19H25N3O4S/c1-20(2)27(24,25)22-8-6-21(7-9-22)19(23)12-16-13-26-18-11-15-5-3-4-14(15)10-17(16)18/h10-11,13H,3-9,12H2,1-2H3. The predicted octanol–water partition coefficient (Wildman–Crippen LogP) is 1.41. The Hall–Kier alpha value is -1.90. The Morgan fingerprint density at radius 2 is 1.78 bits per heavy atom. The Bertz CT molecular complexity index is 972. The SMILES string of the molecule is CN(C)S(=O)(=O)N1CCN(C(=O)Cc2coc3cc4c(cc23)CCC4)CC1. The van der Waals surface area contributed by atoms with Crippen LogP contribution in [-0.4, -0.2) is 68.1 Å². The molecule has 1 aromatic carbocycles. The number of hydrogen-bond donors (Lipinski definition) is 0. The fraction of sp³-hybridized carbons (Fsp3) is 0.526. The van der Waals surface area contributed by atoms with Crippen LogP contribution in [0.25, 0.3) is 11.0 Å². The van der Waals surface area contributed by atoms with E-state index in [1.807, 2.05) is 0 Å². The first-order valence-electron chi connectivity index (χ1n) is 9.33. The summed E-state index contributed by atoms with van der Waals surface area (Å²) in [5.41, 5.74) is 4.47. The summed E-state index contributed by atoms with van der Waals surface area (Å²) in [6.07, 6.45) is 5.33. The number of aryl methyl sites for hydroxylation is 2. The largest absolute Gasteiger partial charge is 0.464 e. The number of fused-ring (bicyclic) bond motifs is 2. The number of carbonyl (C=O) groups excluding carboxylic acids is 1. The van der Waals surface area contributed by atoms with Crippen LogP contribution in [0.1, 0.15) is 23.1 Å². The number of rotatable bonds is 4. The maximum Gasteiger partial charge on any atom is 0.281 e. The van der Waals surface area contributed by atoms with Crippen LogP contribution in [0.4, 0.5) is 0 Å². The average molecular weight is 391 g/mol. The Labute approximate surface area is 159 Å². The minimum Gasteiger partial charge on any atom is -0.464 e. The van der Waals surface area contributed by atoms with Crippen molar-refractivity contribution in [2.45, 2.75) is 25.7 Å². The van der Waals surface area contributed by atoms with Gasteiger partial charge >= 0.3 is 0 Å². The molecule has 2 heterocycles. The summed E-state index contributed by atoms with van der Waals surface area (Å²) < 4.78 is 32.7. The van der Waals surface area contributed by atoms with Gasteiger partial charge < -0.3 is 9.32 Å². The van der Waals surface area contributed by atoms with E-state index in [0.717, 1.165) is 29.4 Å². The minimum absolute atomic E-state index is 0.0140. The molecule has 0 bridgehead atoms. The molecule has 1 amide bonds. The maximum atomic E-state index is 12.7. The number of hydrogen-bond acceptors (Lipinski definition) is 4. The molecule has 1 aliphatic carbocycles. The van der Waals surface area contributed by atoms with Crippen LogP contribution in [-0.2, 0) is 34.3 Å². The van der Waals surface area contributed by atoms with Crippen molar-refractivity contribution in [3.8, 4) is 0 Å². The minimum atomic E-state index is -3.42. The number of nitrogens with zero attached hydrogens (tertiary/aromatic N) is 3. The van der Waals surface area contributed by atoms with Gasteiger partial charge in [-0.2, -0.15) is 17.0 Å². The van der Waals surface area contributed by atoms with Gasteiger partial charge in [-0.25, -0.2) is 0 Å². The number of amides is 1. The van der Waals surface area contributed by atoms with Crippen molar-refractivity contribution < 1.29 is 17.6 Å². The number of benzene rings is 1. The van der Waals surface area contributed by atoms with E-state index in [2.05, 4.69) is 12.1 Å². The molecule has 1 aromatic heterocycles. The van der Waals surface area contributed by atoms with Crippen molar-refractivity contribution in [1.82, 2.24) is 13.5 Å². The molecule has 146 valence electrons. The topological polar surface area (TPSA) is 74.1 Å². The Kier molecular flexibility index (Phi) is 4.73. The van der Waals surface area contributed by atoms with Gasteiger partial charge in [0.05, 0.1) is 12.7 Å². The van der Waals surface area contributed by atoms with Crippen molar-refractivity contribution in [2.75, 3.05) is 40.3 Å². The van der Waals surface area contributed by atoms with Gasteiger partial charge in [0.2, 0.25) is 5.91 Å². The summed E-state index contributed by atoms with van der Waals surface area (Å²) in [7, 11) is -0.377. The zero-order valence-electron chi connectivity index (χ0n) is 15.8. The van der Waals surface area contributed by atoms with Gasteiger partial charge in [0.25, 0.3) is 10.2 Å². The molecule has 7 nitrogen and oxygen atoms in total. The third-order valence-corrected chi connectivity index (χ3v) is 7.53. The second-order valence-electron chi connectivity index (χ2n) is 7.48. The van der Waals surface area contributed by atoms with Crippen molar-refractivity contribution in [1.29, 1.82) is 0 Å². The zero-order chi connectivity index (χ0) is 19.2. The maximum absolute atomic E-state index is 12.7. The summed E-state index contributed by atoms with van der Waals surface area (Å²) in [5, 5.41) is 1.03. The van der Waals surface area contributed by atoms with E-state index in [9.17, 15) is 13.2 Å². The van der Waals surface area contributed by atoms with Crippen molar-refractivity contribution >= 4 is 27.1 Å². The number of piperazine rings is 1. The smallest absolute Gasteiger partial charge is 0.281 e. The van der Waals surface area contributed by atoms with E-state index in [4.69, 9.17) is 4.42 Å². The van der Waals surface area contributed by atoms with Crippen LogP contribution in [0, 0.1) is 0 Å². The van der Waals surface area contributed by atoms with Crippen LogP contribution in [0.15, 0.2) is 22.8 Å². The Morgan fingerprint density at radius 1 is 1.11 bits per heavy atom. The molecule has 4 rings (SSSR count). The van der Waals surface area contributed by atoms with Crippen LogP contribution >= 0.6 is 0 Å². The highest BCUT2D eigenvalue weighted by atomic mass is 32.2. The van der Waals surface area contributed by atoms with Crippen LogP contribution in [0.3, 0.4) is 0 Å². The van der Waals surface area contributed by atoms with Gasteiger partial charge in [0.15, 0.2) is 0 Å². The predicted molar refractivity (Wildman–Crippen MR) is 103 cm³/mol. The molecule has 0 radical (unpaired) electrons. The molecule has 0 N–H and O–H groups in total. The van der Waals surface area contributed by atoms with Crippen molar-refractivity contribution in [2.24, 2.45) is 0 Å². The lowest BCUT2D eigenvalue weighted by Gasteiger charge is -2.35. The highest BCUT2D eigenvalue weighted by Gasteiger charge is 2.30. The Morgan fingerprint density at radius 3 is 2.44 bits per heavy atom. The second kappa shape index (κ2) is 6.92. The van der Waals surface area contributed by atoms with E-state index in [1.54, 1.807) is 11.2 Å². The van der Waals surface area contributed by atoms with Gasteiger partial charge in [-0.05, 0) is 42.5 Å². The molecule has 0 saturated carbocycles. The van der Waals surface area contributed by atoms with Gasteiger partial charge in [-0.3, -0.25) is 4.79 Å². The van der Waals surface area contributed by atoms with Gasteiger partial charge in [0, 0.05) is 51.2 Å². The third-order valence-electron chi connectivity index (χ3n) is 5.59. The fourth-order valence-electron chi connectivity index (χ4n) is 3.96. The van der Waals surface area contributed by atoms with E-state index >= 15 is 0 Å². The number of carbonyl (C=O) groups is 1. The monoisotopic (exact) mass is 391 g/mol. The van der Waals surface area contributed by atoms with Crippen LogP contribution in [0.5, 0.6) is 0 Å². The summed E-state index contributed by atoms with van der Waals surface area (Å²) >= 11 is 0. The number of furan rings is 1. The Balaban J connectivity index is 1.44. The normalized spacial score (nSPS) is 18.4. The molecule has 1 aliphatic heterocycles. The summed E-state index contributed by atoms with van der Waals surface area (Å²) in [6.45, 7) is 1.48. The average Bonchev–Trinajstić information content (AvgIpc) is 3.26. The van der Waals surface area contributed by atoms with Gasteiger partial charge in [0.1, 0.15) is 5.58 Å². The molecule has 0 unspecified atom stereocenters. The van der Waals surface area contributed by atoms with Crippen LogP contribution < -0.4 is 0 Å². The van der Waals surface area contributed by atoms with Gasteiger partial charge in [-0.1, -0.05) is 0 Å². The van der Waals surface area contributed by atoms with E-state index in [0.29, 0.717) is 26.2 Å².